The highest BCUT2D eigenvalue weighted by molar-refractivity contribution is 7.78. The van der Waals surface area contributed by atoms with Gasteiger partial charge in [0.1, 0.15) is 5.75 Å². The van der Waals surface area contributed by atoms with Crippen LogP contribution in [0.3, 0.4) is 0 Å². The lowest BCUT2D eigenvalue weighted by Crippen LogP contribution is -2.03. The van der Waals surface area contributed by atoms with Crippen LogP contribution in [0, 0.1) is 10.1 Å². The molecule has 0 atom stereocenters. The number of aromatic hydroxyl groups is 1. The lowest BCUT2D eigenvalue weighted by molar-refractivity contribution is -0.385. The first kappa shape index (κ1) is 9.82. The number of hydrogen-bond acceptors (Lipinski definition) is 5. The molecular formula is C7H8N2O3S. The van der Waals surface area contributed by atoms with Gasteiger partial charge in [0, 0.05) is 12.6 Å². The number of phenolic OH excluding ortho intramolecular Hbond substituents is 1. The molecule has 0 amide bonds. The highest BCUT2D eigenvalue weighted by atomic mass is 32.1. The summed E-state index contributed by atoms with van der Waals surface area (Å²) in [7, 11) is 0. The van der Waals surface area contributed by atoms with Crippen LogP contribution in [0.2, 0.25) is 0 Å². The fourth-order valence-corrected chi connectivity index (χ4v) is 1.15. The molecule has 0 saturated carbocycles. The third-order valence-electron chi connectivity index (χ3n) is 1.58. The van der Waals surface area contributed by atoms with Gasteiger partial charge in [-0.3, -0.25) is 14.8 Å². The zero-order valence-electron chi connectivity index (χ0n) is 6.60. The molecule has 0 fully saturated rings. The second-order valence-corrected chi connectivity index (χ2v) is 2.68. The predicted octanol–water partition coefficient (Wildman–Crippen LogP) is 1.23. The molecule has 0 bridgehead atoms. The van der Waals surface area contributed by atoms with Gasteiger partial charge < -0.3 is 5.11 Å². The highest BCUT2D eigenvalue weighted by Crippen LogP contribution is 2.26. The summed E-state index contributed by atoms with van der Waals surface area (Å²) in [6, 6.07) is 4.16. The zero-order valence-corrected chi connectivity index (χ0v) is 7.49. The average Bonchev–Trinajstić information content (AvgIpc) is 2.08. The molecule has 70 valence electrons. The Morgan fingerprint density at radius 1 is 1.62 bits per heavy atom. The normalized spacial score (nSPS) is 9.92. The first-order chi connectivity index (χ1) is 6.16. The molecule has 13 heavy (non-hydrogen) atoms. The Morgan fingerprint density at radius 2 is 2.31 bits per heavy atom. The number of rotatable bonds is 3. The van der Waals surface area contributed by atoms with Crippen LogP contribution in [0.5, 0.6) is 5.75 Å². The van der Waals surface area contributed by atoms with E-state index in [0.717, 1.165) is 0 Å². The summed E-state index contributed by atoms with van der Waals surface area (Å²) in [6.45, 7) is 0.145. The van der Waals surface area contributed by atoms with E-state index in [9.17, 15) is 15.2 Å². The molecule has 2 N–H and O–H groups in total. The number of thiol groups is 1. The van der Waals surface area contributed by atoms with Crippen LogP contribution >= 0.6 is 12.8 Å². The maximum atomic E-state index is 10.5. The van der Waals surface area contributed by atoms with Gasteiger partial charge in [0.15, 0.2) is 0 Å². The maximum Gasteiger partial charge on any atom is 0.277 e. The maximum absolute atomic E-state index is 10.5. The van der Waals surface area contributed by atoms with Crippen molar-refractivity contribution < 1.29 is 10.0 Å². The van der Waals surface area contributed by atoms with Crippen molar-refractivity contribution >= 4 is 18.5 Å². The molecule has 0 aliphatic carbocycles. The van der Waals surface area contributed by atoms with Gasteiger partial charge in [0.25, 0.3) is 5.69 Å². The minimum Gasteiger partial charge on any atom is -0.507 e. The van der Waals surface area contributed by atoms with Crippen molar-refractivity contribution in [1.82, 2.24) is 4.72 Å². The van der Waals surface area contributed by atoms with E-state index >= 15 is 0 Å². The lowest BCUT2D eigenvalue weighted by Gasteiger charge is -2.03. The summed E-state index contributed by atoms with van der Waals surface area (Å²) in [4.78, 5) is 9.95. The number of phenols is 1. The molecule has 0 aliphatic rings. The molecule has 5 nitrogen and oxygen atoms in total. The summed E-state index contributed by atoms with van der Waals surface area (Å²) in [5, 5.41) is 19.8. The van der Waals surface area contributed by atoms with E-state index in [-0.39, 0.29) is 23.5 Å². The largest absolute Gasteiger partial charge is 0.507 e. The second-order valence-electron chi connectivity index (χ2n) is 2.37. The number of nitro groups is 1. The van der Waals surface area contributed by atoms with E-state index in [0.29, 0.717) is 0 Å². The second kappa shape index (κ2) is 4.11. The van der Waals surface area contributed by atoms with Crippen molar-refractivity contribution in [2.45, 2.75) is 6.54 Å². The summed E-state index contributed by atoms with van der Waals surface area (Å²) < 4.78 is 2.45. The zero-order chi connectivity index (χ0) is 9.84. The predicted molar refractivity (Wildman–Crippen MR) is 50.6 cm³/mol. The third-order valence-corrected chi connectivity index (χ3v) is 1.74. The third kappa shape index (κ3) is 2.10. The summed E-state index contributed by atoms with van der Waals surface area (Å²) >= 11 is 3.71. The Kier molecular flexibility index (Phi) is 3.10. The van der Waals surface area contributed by atoms with E-state index in [1.54, 1.807) is 0 Å². The number of nitrogens with zero attached hydrogens (tertiary/aromatic N) is 1. The summed E-state index contributed by atoms with van der Waals surface area (Å²) in [6.07, 6.45) is 0. The monoisotopic (exact) mass is 200 g/mol. The quantitative estimate of drug-likeness (QED) is 0.390. The summed E-state index contributed by atoms with van der Waals surface area (Å²) in [5.41, 5.74) is 0.129. The molecule has 0 spiro atoms. The van der Waals surface area contributed by atoms with Crippen LogP contribution in [0.4, 0.5) is 5.69 Å². The highest BCUT2D eigenvalue weighted by Gasteiger charge is 2.15. The van der Waals surface area contributed by atoms with Gasteiger partial charge in [-0.1, -0.05) is 18.9 Å². The van der Waals surface area contributed by atoms with Crippen molar-refractivity contribution in [3.05, 3.63) is 33.9 Å². The fourth-order valence-electron chi connectivity index (χ4n) is 0.994. The van der Waals surface area contributed by atoms with Crippen molar-refractivity contribution in [3.8, 4) is 5.75 Å². The molecule has 0 saturated heterocycles. The average molecular weight is 200 g/mol. The molecule has 0 radical (unpaired) electrons. The van der Waals surface area contributed by atoms with Gasteiger partial charge >= 0.3 is 0 Å². The molecular weight excluding hydrogens is 192 g/mol. The topological polar surface area (TPSA) is 75.4 Å². The van der Waals surface area contributed by atoms with Gasteiger partial charge in [-0.05, 0) is 6.07 Å². The number of hydrogen-bond donors (Lipinski definition) is 3. The van der Waals surface area contributed by atoms with Crippen LogP contribution < -0.4 is 4.72 Å². The van der Waals surface area contributed by atoms with Crippen LogP contribution in [-0.4, -0.2) is 10.0 Å². The minimum atomic E-state index is -0.541. The first-order valence-corrected chi connectivity index (χ1v) is 3.93. The Morgan fingerprint density at radius 3 is 2.85 bits per heavy atom. The van der Waals surface area contributed by atoms with Gasteiger partial charge in [0.05, 0.1) is 10.5 Å². The molecule has 0 aliphatic heterocycles. The minimum absolute atomic E-state index is 0.101. The van der Waals surface area contributed by atoms with E-state index in [1.165, 1.54) is 18.2 Å². The van der Waals surface area contributed by atoms with Crippen molar-refractivity contribution in [2.75, 3.05) is 0 Å². The Bertz CT molecular complexity index is 330. The fraction of sp³-hybridized carbons (Fsp3) is 0.143. The lowest BCUT2D eigenvalue weighted by atomic mass is 10.1. The van der Waals surface area contributed by atoms with Crippen LogP contribution in [-0.2, 0) is 6.54 Å². The van der Waals surface area contributed by atoms with Gasteiger partial charge in [-0.2, -0.15) is 0 Å². The number of benzene rings is 1. The van der Waals surface area contributed by atoms with Gasteiger partial charge in [-0.25, -0.2) is 0 Å². The first-order valence-electron chi connectivity index (χ1n) is 3.49. The molecule has 0 aromatic heterocycles. The van der Waals surface area contributed by atoms with E-state index in [2.05, 4.69) is 17.5 Å². The SMILES string of the molecule is O=[N+]([O-])c1cccc(O)c1CNS. The van der Waals surface area contributed by atoms with E-state index in [4.69, 9.17) is 0 Å². The number of nitro benzene ring substituents is 1. The van der Waals surface area contributed by atoms with Crippen LogP contribution in [0.15, 0.2) is 18.2 Å². The Hall–Kier alpha value is -1.27. The molecule has 1 aromatic carbocycles. The standard InChI is InChI=1S/C7H8N2O3S/c10-7-3-1-2-6(9(11)12)5(7)4-8-13/h1-3,8,10,13H,4H2. The molecule has 0 heterocycles. The van der Waals surface area contributed by atoms with Crippen LogP contribution in [0.25, 0.3) is 0 Å². The van der Waals surface area contributed by atoms with Crippen molar-refractivity contribution in [1.29, 1.82) is 0 Å². The van der Waals surface area contributed by atoms with Crippen molar-refractivity contribution in [2.24, 2.45) is 0 Å². The Balaban J connectivity index is 3.17. The summed E-state index contributed by atoms with van der Waals surface area (Å²) in [5.74, 6) is -0.101. The molecule has 1 aromatic rings. The smallest absolute Gasteiger partial charge is 0.277 e. The van der Waals surface area contributed by atoms with Crippen molar-refractivity contribution in [3.63, 3.8) is 0 Å². The number of nitrogens with one attached hydrogen (secondary N) is 1. The van der Waals surface area contributed by atoms with Gasteiger partial charge in [0.2, 0.25) is 0 Å². The van der Waals surface area contributed by atoms with E-state index < -0.39 is 4.92 Å². The van der Waals surface area contributed by atoms with Crippen LogP contribution in [0.1, 0.15) is 5.56 Å². The Labute approximate surface area is 80.1 Å². The molecule has 6 heteroatoms. The molecule has 1 rings (SSSR count). The molecule has 0 unspecified atom stereocenters. The van der Waals surface area contributed by atoms with Gasteiger partial charge in [-0.15, -0.1) is 0 Å². The van der Waals surface area contributed by atoms with E-state index in [1.807, 2.05) is 0 Å².